The molecular formula is C21H24N2O4. The van der Waals surface area contributed by atoms with Crippen LogP contribution in [0.15, 0.2) is 36.5 Å². The van der Waals surface area contributed by atoms with Gasteiger partial charge in [-0.15, -0.1) is 0 Å². The molecule has 0 saturated carbocycles. The number of fused-ring (bicyclic) bond motifs is 1. The Morgan fingerprint density at radius 2 is 2.07 bits per heavy atom. The predicted octanol–water partition coefficient (Wildman–Crippen LogP) is 2.87. The lowest BCUT2D eigenvalue weighted by molar-refractivity contribution is -0.144. The number of aromatic nitrogens is 1. The molecule has 2 aliphatic heterocycles. The number of esters is 1. The summed E-state index contributed by atoms with van der Waals surface area (Å²) in [6, 6.07) is 10.2. The number of ether oxygens (including phenoxy) is 3. The van der Waals surface area contributed by atoms with Gasteiger partial charge < -0.3 is 14.2 Å². The van der Waals surface area contributed by atoms with Crippen molar-refractivity contribution in [2.24, 2.45) is 0 Å². The van der Waals surface area contributed by atoms with Crippen LogP contribution in [0.3, 0.4) is 0 Å². The molecule has 0 bridgehead atoms. The van der Waals surface area contributed by atoms with Gasteiger partial charge in [0, 0.05) is 18.3 Å². The summed E-state index contributed by atoms with van der Waals surface area (Å²) >= 11 is 0. The van der Waals surface area contributed by atoms with E-state index in [1.54, 1.807) is 0 Å². The van der Waals surface area contributed by atoms with Gasteiger partial charge in [0.15, 0.2) is 11.5 Å². The van der Waals surface area contributed by atoms with Crippen molar-refractivity contribution in [1.82, 2.24) is 9.88 Å². The average Bonchev–Trinajstić information content (AvgIpc) is 3.16. The number of hydrogen-bond acceptors (Lipinski definition) is 6. The van der Waals surface area contributed by atoms with Gasteiger partial charge in [-0.25, -0.2) is 0 Å². The molecule has 0 N–H and O–H groups in total. The van der Waals surface area contributed by atoms with Crippen LogP contribution in [0, 0.1) is 0 Å². The fraction of sp³-hybridized carbons (Fsp3) is 0.429. The number of rotatable bonds is 5. The molecule has 1 saturated heterocycles. The van der Waals surface area contributed by atoms with E-state index >= 15 is 0 Å². The molecule has 1 unspecified atom stereocenters. The second-order valence-corrected chi connectivity index (χ2v) is 6.86. The summed E-state index contributed by atoms with van der Waals surface area (Å²) in [6.45, 7) is 5.56. The third kappa shape index (κ3) is 4.06. The molecule has 1 fully saturated rings. The third-order valence-corrected chi connectivity index (χ3v) is 5.02. The van der Waals surface area contributed by atoms with Gasteiger partial charge in [0.2, 0.25) is 0 Å². The fourth-order valence-corrected chi connectivity index (χ4v) is 3.70. The summed E-state index contributed by atoms with van der Waals surface area (Å²) < 4.78 is 16.3. The molecule has 0 aliphatic carbocycles. The number of pyridine rings is 1. The second-order valence-electron chi connectivity index (χ2n) is 6.86. The number of hydrogen-bond donors (Lipinski definition) is 0. The van der Waals surface area contributed by atoms with Crippen molar-refractivity contribution in [1.29, 1.82) is 0 Å². The van der Waals surface area contributed by atoms with Crippen LogP contribution in [0.2, 0.25) is 0 Å². The van der Waals surface area contributed by atoms with Gasteiger partial charge in [0.25, 0.3) is 0 Å². The molecule has 0 amide bonds. The van der Waals surface area contributed by atoms with Crippen LogP contribution >= 0.6 is 0 Å². The SMILES string of the molecule is CCOC(=O)CN1CCC(c2ccnc(-c3ccc4c(c3)OCCO4)c2)C1. The predicted molar refractivity (Wildman–Crippen MR) is 101 cm³/mol. The lowest BCUT2D eigenvalue weighted by Gasteiger charge is -2.19. The van der Waals surface area contributed by atoms with Crippen molar-refractivity contribution in [3.8, 4) is 22.8 Å². The Labute approximate surface area is 159 Å². The largest absolute Gasteiger partial charge is 0.486 e. The minimum Gasteiger partial charge on any atom is -0.486 e. The molecule has 1 atom stereocenters. The standard InChI is InChI=1S/C21H24N2O4/c1-2-25-21(24)14-23-8-6-17(13-23)15-5-7-22-18(11-15)16-3-4-19-20(12-16)27-10-9-26-19/h3-5,7,11-12,17H,2,6,8-10,13-14H2,1H3. The number of benzene rings is 1. The van der Waals surface area contributed by atoms with Crippen LogP contribution in [0.4, 0.5) is 0 Å². The summed E-state index contributed by atoms with van der Waals surface area (Å²) in [5.41, 5.74) is 3.19. The topological polar surface area (TPSA) is 60.9 Å². The van der Waals surface area contributed by atoms with Gasteiger partial charge in [-0.1, -0.05) is 0 Å². The van der Waals surface area contributed by atoms with Gasteiger partial charge in [-0.2, -0.15) is 0 Å². The molecule has 4 rings (SSSR count). The molecule has 27 heavy (non-hydrogen) atoms. The molecule has 6 heteroatoms. The number of likely N-dealkylation sites (tertiary alicyclic amines) is 1. The normalized spacial score (nSPS) is 19.1. The molecule has 1 aromatic heterocycles. The Kier molecular flexibility index (Phi) is 5.25. The van der Waals surface area contributed by atoms with Gasteiger partial charge in [-0.05, 0) is 61.7 Å². The molecule has 1 aromatic carbocycles. The van der Waals surface area contributed by atoms with E-state index in [0.29, 0.717) is 32.3 Å². The summed E-state index contributed by atoms with van der Waals surface area (Å²) in [5.74, 6) is 1.81. The second kappa shape index (κ2) is 7.96. The molecule has 3 heterocycles. The Morgan fingerprint density at radius 1 is 1.22 bits per heavy atom. The van der Waals surface area contributed by atoms with Crippen LogP contribution in [0.1, 0.15) is 24.8 Å². The van der Waals surface area contributed by atoms with Crippen molar-refractivity contribution in [3.63, 3.8) is 0 Å². The first-order valence-electron chi connectivity index (χ1n) is 9.47. The van der Waals surface area contributed by atoms with E-state index in [1.165, 1.54) is 5.56 Å². The van der Waals surface area contributed by atoms with E-state index in [9.17, 15) is 4.79 Å². The van der Waals surface area contributed by atoms with E-state index in [2.05, 4.69) is 22.0 Å². The monoisotopic (exact) mass is 368 g/mol. The Bertz CT molecular complexity index is 824. The molecule has 142 valence electrons. The maximum Gasteiger partial charge on any atom is 0.320 e. The zero-order valence-corrected chi connectivity index (χ0v) is 15.5. The summed E-state index contributed by atoms with van der Waals surface area (Å²) in [6.07, 6.45) is 2.89. The maximum absolute atomic E-state index is 11.7. The Balaban J connectivity index is 1.48. The van der Waals surface area contributed by atoms with Crippen molar-refractivity contribution < 1.29 is 19.0 Å². The summed E-state index contributed by atoms with van der Waals surface area (Å²) in [5, 5.41) is 0. The number of carbonyl (C=O) groups is 1. The van der Waals surface area contributed by atoms with Gasteiger partial charge in [0.1, 0.15) is 13.2 Å². The smallest absolute Gasteiger partial charge is 0.320 e. The highest BCUT2D eigenvalue weighted by atomic mass is 16.6. The van der Waals surface area contributed by atoms with E-state index in [1.807, 2.05) is 31.3 Å². The van der Waals surface area contributed by atoms with Crippen molar-refractivity contribution in [2.45, 2.75) is 19.3 Å². The minimum atomic E-state index is -0.148. The maximum atomic E-state index is 11.7. The third-order valence-electron chi connectivity index (χ3n) is 5.02. The summed E-state index contributed by atoms with van der Waals surface area (Å²) in [4.78, 5) is 18.4. The molecule has 2 aromatic rings. The average molecular weight is 368 g/mol. The van der Waals surface area contributed by atoms with Crippen LogP contribution in [0.5, 0.6) is 11.5 Å². The highest BCUT2D eigenvalue weighted by Crippen LogP contribution is 2.35. The zero-order chi connectivity index (χ0) is 18.6. The highest BCUT2D eigenvalue weighted by molar-refractivity contribution is 5.71. The lowest BCUT2D eigenvalue weighted by atomic mass is 9.97. The molecule has 0 spiro atoms. The van der Waals surface area contributed by atoms with E-state index < -0.39 is 0 Å². The van der Waals surface area contributed by atoms with Crippen molar-refractivity contribution in [2.75, 3.05) is 39.5 Å². The first kappa shape index (κ1) is 17.8. The van der Waals surface area contributed by atoms with Crippen molar-refractivity contribution >= 4 is 5.97 Å². The first-order chi connectivity index (χ1) is 13.2. The van der Waals surface area contributed by atoms with Crippen LogP contribution in [-0.2, 0) is 9.53 Å². The summed E-state index contributed by atoms with van der Waals surface area (Å²) in [7, 11) is 0. The van der Waals surface area contributed by atoms with E-state index in [4.69, 9.17) is 14.2 Å². The Hall–Kier alpha value is -2.60. The van der Waals surface area contributed by atoms with E-state index in [-0.39, 0.29) is 5.97 Å². The van der Waals surface area contributed by atoms with Gasteiger partial charge >= 0.3 is 5.97 Å². The van der Waals surface area contributed by atoms with Crippen LogP contribution < -0.4 is 9.47 Å². The Morgan fingerprint density at radius 3 is 2.93 bits per heavy atom. The first-order valence-corrected chi connectivity index (χ1v) is 9.47. The lowest BCUT2D eigenvalue weighted by Crippen LogP contribution is -2.28. The molecule has 2 aliphatic rings. The van der Waals surface area contributed by atoms with E-state index in [0.717, 1.165) is 42.3 Å². The fourth-order valence-electron chi connectivity index (χ4n) is 3.70. The zero-order valence-electron chi connectivity index (χ0n) is 15.5. The quantitative estimate of drug-likeness (QED) is 0.757. The minimum absolute atomic E-state index is 0.148. The van der Waals surface area contributed by atoms with Crippen molar-refractivity contribution in [3.05, 3.63) is 42.1 Å². The van der Waals surface area contributed by atoms with Crippen LogP contribution in [0.25, 0.3) is 11.3 Å². The van der Waals surface area contributed by atoms with Crippen LogP contribution in [-0.4, -0.2) is 55.3 Å². The molecule has 6 nitrogen and oxygen atoms in total. The molecule has 0 radical (unpaired) electrons. The highest BCUT2D eigenvalue weighted by Gasteiger charge is 2.26. The number of carbonyl (C=O) groups excluding carboxylic acids is 1. The van der Waals surface area contributed by atoms with Gasteiger partial charge in [-0.3, -0.25) is 14.7 Å². The van der Waals surface area contributed by atoms with Gasteiger partial charge in [0.05, 0.1) is 18.8 Å². The number of nitrogens with zero attached hydrogens (tertiary/aromatic N) is 2. The molecular weight excluding hydrogens is 344 g/mol.